The van der Waals surface area contributed by atoms with E-state index in [0.29, 0.717) is 22.2 Å². The van der Waals surface area contributed by atoms with Crippen LogP contribution in [-0.4, -0.2) is 18.7 Å². The lowest BCUT2D eigenvalue weighted by Crippen LogP contribution is -2.39. The lowest BCUT2D eigenvalue weighted by atomic mass is 10.0. The number of carbonyl (C=O) groups is 1. The average Bonchev–Trinajstić information content (AvgIpc) is 2.75. The highest BCUT2D eigenvalue weighted by Crippen LogP contribution is 2.39. The minimum absolute atomic E-state index is 0.0535. The number of rotatable bonds is 3. The van der Waals surface area contributed by atoms with E-state index in [1.807, 2.05) is 13.8 Å². The van der Waals surface area contributed by atoms with Gasteiger partial charge in [-0.2, -0.15) is 0 Å². The number of benzene rings is 1. The first kappa shape index (κ1) is 13.0. The fraction of sp³-hybridized carbons (Fsp3) is 0.417. The summed E-state index contributed by atoms with van der Waals surface area (Å²) in [6.07, 6.45) is 0. The van der Waals surface area contributed by atoms with Crippen LogP contribution in [0.25, 0.3) is 0 Å². The van der Waals surface area contributed by atoms with E-state index in [9.17, 15) is 4.79 Å². The van der Waals surface area contributed by atoms with Crippen LogP contribution < -0.4 is 20.5 Å². The number of anilines is 1. The molecular weight excluding hydrogens is 256 g/mol. The molecule has 0 fully saturated rings. The first-order chi connectivity index (χ1) is 8.49. The van der Waals surface area contributed by atoms with Gasteiger partial charge in [0.1, 0.15) is 0 Å². The lowest BCUT2D eigenvalue weighted by Gasteiger charge is -2.16. The molecule has 0 radical (unpaired) electrons. The van der Waals surface area contributed by atoms with E-state index in [1.54, 1.807) is 12.1 Å². The molecule has 5 nitrogen and oxygen atoms in total. The van der Waals surface area contributed by atoms with Crippen molar-refractivity contribution in [2.24, 2.45) is 11.7 Å². The van der Waals surface area contributed by atoms with Crippen LogP contribution in [0.2, 0.25) is 5.02 Å². The molecule has 1 aromatic carbocycles. The van der Waals surface area contributed by atoms with E-state index in [0.717, 1.165) is 0 Å². The summed E-state index contributed by atoms with van der Waals surface area (Å²) in [4.78, 5) is 11.8. The Morgan fingerprint density at radius 1 is 1.39 bits per heavy atom. The van der Waals surface area contributed by atoms with Crippen molar-refractivity contribution in [3.63, 3.8) is 0 Å². The number of fused-ring (bicyclic) bond motifs is 1. The van der Waals surface area contributed by atoms with Gasteiger partial charge in [-0.1, -0.05) is 25.4 Å². The third-order valence-electron chi connectivity index (χ3n) is 2.74. The standard InChI is InChI=1S/C12H15ClN2O3/c1-6(2)11(14)12(16)15-8-4-10-9(3-7(8)13)17-5-18-10/h3-4,6,11H,5,14H2,1-2H3,(H,15,16)/t11-/m0/s1. The Hall–Kier alpha value is -1.46. The molecule has 0 saturated carbocycles. The molecule has 0 aliphatic carbocycles. The average molecular weight is 271 g/mol. The van der Waals surface area contributed by atoms with Gasteiger partial charge >= 0.3 is 0 Å². The van der Waals surface area contributed by atoms with Gasteiger partial charge in [-0.15, -0.1) is 0 Å². The second-order valence-corrected chi connectivity index (χ2v) is 4.85. The molecule has 2 rings (SSSR count). The van der Waals surface area contributed by atoms with Crippen molar-refractivity contribution in [2.75, 3.05) is 12.1 Å². The summed E-state index contributed by atoms with van der Waals surface area (Å²) in [6.45, 7) is 3.92. The van der Waals surface area contributed by atoms with Crippen molar-refractivity contribution in [3.8, 4) is 11.5 Å². The molecule has 6 heteroatoms. The Bertz CT molecular complexity index is 477. The molecular formula is C12H15ClN2O3. The Kier molecular flexibility index (Phi) is 3.63. The molecule has 1 aliphatic rings. The predicted molar refractivity (Wildman–Crippen MR) is 69.0 cm³/mol. The number of nitrogens with two attached hydrogens (primary N) is 1. The van der Waals surface area contributed by atoms with E-state index in [-0.39, 0.29) is 18.6 Å². The smallest absolute Gasteiger partial charge is 0.241 e. The lowest BCUT2D eigenvalue weighted by molar-refractivity contribution is -0.118. The predicted octanol–water partition coefficient (Wildman–Crippen LogP) is 1.99. The van der Waals surface area contributed by atoms with E-state index in [2.05, 4.69) is 5.32 Å². The van der Waals surface area contributed by atoms with Crippen LogP contribution >= 0.6 is 11.6 Å². The van der Waals surface area contributed by atoms with Crippen molar-refractivity contribution in [1.82, 2.24) is 0 Å². The summed E-state index contributed by atoms with van der Waals surface area (Å²) in [7, 11) is 0. The zero-order valence-corrected chi connectivity index (χ0v) is 11.0. The maximum absolute atomic E-state index is 11.8. The third-order valence-corrected chi connectivity index (χ3v) is 3.05. The van der Waals surface area contributed by atoms with Crippen molar-refractivity contribution in [3.05, 3.63) is 17.2 Å². The molecule has 1 aromatic rings. The van der Waals surface area contributed by atoms with Crippen LogP contribution in [0.5, 0.6) is 11.5 Å². The van der Waals surface area contributed by atoms with Gasteiger partial charge in [-0.3, -0.25) is 4.79 Å². The van der Waals surface area contributed by atoms with E-state index >= 15 is 0 Å². The van der Waals surface area contributed by atoms with Gasteiger partial charge in [-0.05, 0) is 5.92 Å². The van der Waals surface area contributed by atoms with Gasteiger partial charge in [0, 0.05) is 12.1 Å². The molecule has 1 atom stereocenters. The molecule has 98 valence electrons. The summed E-state index contributed by atoms with van der Waals surface area (Å²) < 4.78 is 10.4. The van der Waals surface area contributed by atoms with Crippen molar-refractivity contribution in [1.29, 1.82) is 0 Å². The second kappa shape index (κ2) is 5.04. The highest BCUT2D eigenvalue weighted by Gasteiger charge is 2.21. The molecule has 18 heavy (non-hydrogen) atoms. The largest absolute Gasteiger partial charge is 0.454 e. The van der Waals surface area contributed by atoms with Crippen LogP contribution in [0.1, 0.15) is 13.8 Å². The van der Waals surface area contributed by atoms with Crippen LogP contribution in [0.4, 0.5) is 5.69 Å². The summed E-state index contributed by atoms with van der Waals surface area (Å²) >= 11 is 6.05. The van der Waals surface area contributed by atoms with Crippen LogP contribution in [-0.2, 0) is 4.79 Å². The van der Waals surface area contributed by atoms with Crippen molar-refractivity contribution < 1.29 is 14.3 Å². The Balaban J connectivity index is 2.17. The maximum atomic E-state index is 11.8. The molecule has 0 aromatic heterocycles. The van der Waals surface area contributed by atoms with Gasteiger partial charge < -0.3 is 20.5 Å². The molecule has 3 N–H and O–H groups in total. The van der Waals surface area contributed by atoms with Crippen LogP contribution in [0.15, 0.2) is 12.1 Å². The van der Waals surface area contributed by atoms with Gasteiger partial charge in [0.2, 0.25) is 12.7 Å². The number of amides is 1. The van der Waals surface area contributed by atoms with Gasteiger partial charge in [0.15, 0.2) is 11.5 Å². The Morgan fingerprint density at radius 3 is 2.61 bits per heavy atom. The zero-order valence-electron chi connectivity index (χ0n) is 10.2. The summed E-state index contributed by atoms with van der Waals surface area (Å²) in [5.74, 6) is 0.919. The summed E-state index contributed by atoms with van der Waals surface area (Å²) in [5, 5.41) is 3.08. The second-order valence-electron chi connectivity index (χ2n) is 4.44. The minimum atomic E-state index is -0.577. The van der Waals surface area contributed by atoms with E-state index < -0.39 is 6.04 Å². The summed E-state index contributed by atoms with van der Waals surface area (Å²) in [6, 6.07) is 2.67. The Labute approximate surface area is 110 Å². The maximum Gasteiger partial charge on any atom is 0.241 e. The number of ether oxygens (including phenoxy) is 2. The molecule has 1 amide bonds. The van der Waals surface area contributed by atoms with E-state index in [1.165, 1.54) is 0 Å². The van der Waals surface area contributed by atoms with Crippen LogP contribution in [0, 0.1) is 5.92 Å². The quantitative estimate of drug-likeness (QED) is 0.881. The number of nitrogens with one attached hydrogen (secondary N) is 1. The van der Waals surface area contributed by atoms with Crippen molar-refractivity contribution in [2.45, 2.75) is 19.9 Å². The monoisotopic (exact) mass is 270 g/mol. The highest BCUT2D eigenvalue weighted by atomic mass is 35.5. The fourth-order valence-corrected chi connectivity index (χ4v) is 1.73. The van der Waals surface area contributed by atoms with Crippen LogP contribution in [0.3, 0.4) is 0 Å². The number of hydrogen-bond donors (Lipinski definition) is 2. The SMILES string of the molecule is CC(C)[C@H](N)C(=O)Nc1cc2c(cc1Cl)OCO2. The van der Waals surface area contributed by atoms with Gasteiger partial charge in [0.25, 0.3) is 0 Å². The summed E-state index contributed by atoms with van der Waals surface area (Å²) in [5.41, 5.74) is 6.23. The molecule has 0 spiro atoms. The number of halogens is 1. The highest BCUT2D eigenvalue weighted by molar-refractivity contribution is 6.34. The number of hydrogen-bond acceptors (Lipinski definition) is 4. The Morgan fingerprint density at radius 2 is 2.00 bits per heavy atom. The third kappa shape index (κ3) is 2.52. The minimum Gasteiger partial charge on any atom is -0.454 e. The molecule has 0 saturated heterocycles. The topological polar surface area (TPSA) is 73.6 Å². The molecule has 0 bridgehead atoms. The normalized spacial score (nSPS) is 14.7. The molecule has 0 unspecified atom stereocenters. The number of carbonyl (C=O) groups excluding carboxylic acids is 1. The molecule has 1 aliphatic heterocycles. The van der Waals surface area contributed by atoms with Crippen molar-refractivity contribution >= 4 is 23.2 Å². The van der Waals surface area contributed by atoms with E-state index in [4.69, 9.17) is 26.8 Å². The van der Waals surface area contributed by atoms with Gasteiger partial charge in [-0.25, -0.2) is 0 Å². The first-order valence-electron chi connectivity index (χ1n) is 5.64. The zero-order chi connectivity index (χ0) is 13.3. The molecule has 1 heterocycles. The first-order valence-corrected chi connectivity index (χ1v) is 6.02. The fourth-order valence-electron chi connectivity index (χ4n) is 1.53. The van der Waals surface area contributed by atoms with Gasteiger partial charge in [0.05, 0.1) is 16.8 Å².